The average molecular weight is 404 g/mol. The van der Waals surface area contributed by atoms with E-state index in [1.807, 2.05) is 0 Å². The zero-order valence-corrected chi connectivity index (χ0v) is 15.7. The lowest BCUT2D eigenvalue weighted by atomic mass is 9.93. The normalized spacial score (nSPS) is 14.3. The highest BCUT2D eigenvalue weighted by Crippen LogP contribution is 2.29. The van der Waals surface area contributed by atoms with Crippen LogP contribution in [0.1, 0.15) is 50.6 Å². The van der Waals surface area contributed by atoms with Crippen molar-refractivity contribution in [2.75, 3.05) is 0 Å². The van der Waals surface area contributed by atoms with Gasteiger partial charge in [0, 0.05) is 28.1 Å². The minimum absolute atomic E-state index is 0.0649. The zero-order valence-electron chi connectivity index (χ0n) is 15.0. The molecule has 9 nitrogen and oxygen atoms in total. The molecule has 0 atom stereocenters. The van der Waals surface area contributed by atoms with Crippen LogP contribution in [0, 0.1) is 6.92 Å². The van der Waals surface area contributed by atoms with E-state index in [9.17, 15) is 14.4 Å². The number of hydrazone groups is 1. The van der Waals surface area contributed by atoms with Crippen LogP contribution in [0.5, 0.6) is 0 Å². The van der Waals surface area contributed by atoms with E-state index in [1.165, 1.54) is 12.1 Å². The predicted octanol–water partition coefficient (Wildman–Crippen LogP) is 2.02. The van der Waals surface area contributed by atoms with Gasteiger partial charge < -0.3 is 10.2 Å². The van der Waals surface area contributed by atoms with Crippen molar-refractivity contribution in [3.63, 3.8) is 0 Å². The van der Waals surface area contributed by atoms with Crippen LogP contribution in [0.3, 0.4) is 0 Å². The molecule has 1 aromatic heterocycles. The number of amides is 4. The molecule has 10 heteroatoms. The fourth-order valence-corrected chi connectivity index (χ4v) is 3.09. The molecular formula is C18H18ClN5O4. The monoisotopic (exact) mass is 403 g/mol. The van der Waals surface area contributed by atoms with Crippen LogP contribution in [0.15, 0.2) is 33.8 Å². The Kier molecular flexibility index (Phi) is 5.65. The van der Waals surface area contributed by atoms with Crippen LogP contribution in [-0.4, -0.2) is 23.6 Å². The summed E-state index contributed by atoms with van der Waals surface area (Å²) in [7, 11) is 0. The Morgan fingerprint density at radius 2 is 1.79 bits per heavy atom. The van der Waals surface area contributed by atoms with Gasteiger partial charge in [0.25, 0.3) is 5.91 Å². The maximum atomic E-state index is 12.5. The number of hydrogen-bond acceptors (Lipinski definition) is 5. The summed E-state index contributed by atoms with van der Waals surface area (Å²) < 4.78 is 5.68. The molecule has 1 aliphatic carbocycles. The van der Waals surface area contributed by atoms with Crippen LogP contribution < -0.4 is 22.0 Å². The van der Waals surface area contributed by atoms with Gasteiger partial charge in [0.1, 0.15) is 5.76 Å². The van der Waals surface area contributed by atoms with Gasteiger partial charge in [0.2, 0.25) is 0 Å². The third kappa shape index (κ3) is 4.15. The minimum Gasteiger partial charge on any atom is -0.455 e. The Hall–Kier alpha value is -3.33. The van der Waals surface area contributed by atoms with Crippen LogP contribution in [0.25, 0.3) is 0 Å². The number of nitrogens with one attached hydrogen (secondary N) is 3. The topological polar surface area (TPSA) is 139 Å². The van der Waals surface area contributed by atoms with Gasteiger partial charge in [0.15, 0.2) is 5.76 Å². The Bertz CT molecular complexity index is 965. The summed E-state index contributed by atoms with van der Waals surface area (Å²) in [6.07, 6.45) is 2.01. The maximum Gasteiger partial charge on any atom is 0.332 e. The molecule has 0 saturated heterocycles. The van der Waals surface area contributed by atoms with Gasteiger partial charge in [0.05, 0.1) is 5.71 Å². The third-order valence-electron chi connectivity index (χ3n) is 4.23. The molecular weight excluding hydrogens is 386 g/mol. The van der Waals surface area contributed by atoms with Crippen molar-refractivity contribution in [1.29, 1.82) is 0 Å². The molecule has 1 heterocycles. The smallest absolute Gasteiger partial charge is 0.332 e. The molecule has 2 aromatic rings. The molecule has 3 rings (SSSR count). The molecule has 1 aliphatic rings. The summed E-state index contributed by atoms with van der Waals surface area (Å²) in [5.74, 6) is -0.429. The highest BCUT2D eigenvalue weighted by atomic mass is 35.5. The van der Waals surface area contributed by atoms with Gasteiger partial charge in [-0.25, -0.2) is 10.2 Å². The first-order chi connectivity index (χ1) is 13.4. The Balaban J connectivity index is 1.74. The second-order valence-electron chi connectivity index (χ2n) is 6.16. The summed E-state index contributed by atoms with van der Waals surface area (Å²) >= 11 is 5.79. The molecule has 0 bridgehead atoms. The number of benzene rings is 1. The van der Waals surface area contributed by atoms with E-state index in [0.29, 0.717) is 46.0 Å². The number of hydrogen-bond donors (Lipinski definition) is 4. The van der Waals surface area contributed by atoms with Crippen molar-refractivity contribution in [2.45, 2.75) is 26.2 Å². The van der Waals surface area contributed by atoms with Crippen molar-refractivity contribution in [3.8, 4) is 0 Å². The molecule has 0 aliphatic heterocycles. The number of aryl methyl sites for hydroxylation is 1. The number of furan rings is 1. The number of carbonyl (C=O) groups excluding carboxylic acids is 3. The number of halogens is 1. The number of hydrazine groups is 1. The van der Waals surface area contributed by atoms with Crippen LogP contribution in [0.2, 0.25) is 5.02 Å². The fourth-order valence-electron chi connectivity index (χ4n) is 2.96. The van der Waals surface area contributed by atoms with Gasteiger partial charge in [-0.1, -0.05) is 11.6 Å². The van der Waals surface area contributed by atoms with Gasteiger partial charge in [-0.05, 0) is 44.0 Å². The largest absolute Gasteiger partial charge is 0.455 e. The molecule has 0 spiro atoms. The number of urea groups is 1. The lowest BCUT2D eigenvalue weighted by molar-refractivity contribution is 0.0829. The van der Waals surface area contributed by atoms with Crippen molar-refractivity contribution >= 4 is 35.2 Å². The predicted molar refractivity (Wildman–Crippen MR) is 102 cm³/mol. The van der Waals surface area contributed by atoms with Crippen molar-refractivity contribution in [2.24, 2.45) is 10.8 Å². The van der Waals surface area contributed by atoms with Crippen LogP contribution in [-0.2, 0) is 6.42 Å². The fraction of sp³-hybridized carbons (Fsp3) is 0.222. The second kappa shape index (κ2) is 8.13. The van der Waals surface area contributed by atoms with E-state index < -0.39 is 17.8 Å². The van der Waals surface area contributed by atoms with Crippen LogP contribution >= 0.6 is 11.6 Å². The van der Waals surface area contributed by atoms with E-state index >= 15 is 0 Å². The van der Waals surface area contributed by atoms with Gasteiger partial charge in [-0.3, -0.25) is 20.4 Å². The highest BCUT2D eigenvalue weighted by Gasteiger charge is 2.28. The lowest BCUT2D eigenvalue weighted by Gasteiger charge is -2.13. The second-order valence-corrected chi connectivity index (χ2v) is 6.59. The summed E-state index contributed by atoms with van der Waals surface area (Å²) in [5, 5.41) is 4.50. The number of rotatable bonds is 3. The van der Waals surface area contributed by atoms with E-state index in [1.54, 1.807) is 19.1 Å². The molecule has 28 heavy (non-hydrogen) atoms. The highest BCUT2D eigenvalue weighted by molar-refractivity contribution is 6.30. The molecule has 0 saturated carbocycles. The maximum absolute atomic E-state index is 12.5. The first-order valence-corrected chi connectivity index (χ1v) is 8.85. The SMILES string of the molecule is Cc1c(C(=O)NNC(=O)c2ccc(Cl)cc2)oc2c1/C(=N/NC(N)=O)CCC2. The summed E-state index contributed by atoms with van der Waals surface area (Å²) in [6, 6.07) is 5.45. The first kappa shape index (κ1) is 19.4. The molecule has 0 radical (unpaired) electrons. The Morgan fingerprint density at radius 3 is 2.46 bits per heavy atom. The number of nitrogens with two attached hydrogens (primary N) is 1. The van der Waals surface area contributed by atoms with E-state index in [-0.39, 0.29) is 5.76 Å². The molecule has 4 amide bonds. The summed E-state index contributed by atoms with van der Waals surface area (Å²) in [5.41, 5.74) is 14.1. The van der Waals surface area contributed by atoms with Gasteiger partial charge in [-0.2, -0.15) is 5.10 Å². The standard InChI is InChI=1S/C18H18ClN5O4/c1-9-14-12(21-24-18(20)27)3-2-4-13(14)28-15(9)17(26)23-22-16(25)10-5-7-11(19)8-6-10/h5-8H,2-4H2,1H3,(H,22,25)(H,23,26)(H3,20,24,27)/b21-12+. The van der Waals surface area contributed by atoms with Gasteiger partial charge in [-0.15, -0.1) is 0 Å². The van der Waals surface area contributed by atoms with Crippen molar-refractivity contribution in [1.82, 2.24) is 16.3 Å². The molecule has 1 aromatic carbocycles. The lowest BCUT2D eigenvalue weighted by Crippen LogP contribution is -2.41. The van der Waals surface area contributed by atoms with Crippen LogP contribution in [0.4, 0.5) is 4.79 Å². The van der Waals surface area contributed by atoms with E-state index in [4.69, 9.17) is 21.8 Å². The molecule has 0 fully saturated rings. The Morgan fingerprint density at radius 1 is 1.11 bits per heavy atom. The average Bonchev–Trinajstić information content (AvgIpc) is 3.02. The quantitative estimate of drug-likeness (QED) is 0.582. The van der Waals surface area contributed by atoms with Crippen molar-refractivity contribution in [3.05, 3.63) is 57.5 Å². The Labute approximate surface area is 165 Å². The summed E-state index contributed by atoms with van der Waals surface area (Å²) in [6.45, 7) is 1.71. The minimum atomic E-state index is -0.774. The van der Waals surface area contributed by atoms with E-state index in [2.05, 4.69) is 21.4 Å². The number of carbonyl (C=O) groups is 3. The van der Waals surface area contributed by atoms with Gasteiger partial charge >= 0.3 is 11.9 Å². The summed E-state index contributed by atoms with van der Waals surface area (Å²) in [4.78, 5) is 35.5. The zero-order chi connectivity index (χ0) is 20.3. The van der Waals surface area contributed by atoms with Crippen molar-refractivity contribution < 1.29 is 18.8 Å². The molecule has 5 N–H and O–H groups in total. The number of primary amides is 1. The van der Waals surface area contributed by atoms with E-state index in [0.717, 1.165) is 6.42 Å². The number of fused-ring (bicyclic) bond motifs is 1. The third-order valence-corrected chi connectivity index (χ3v) is 4.48. The number of nitrogens with zero attached hydrogens (tertiary/aromatic N) is 1. The molecule has 0 unspecified atom stereocenters. The molecule has 146 valence electrons. The first-order valence-electron chi connectivity index (χ1n) is 8.47.